The largest absolute Gasteiger partial charge is 0.618 e. The summed E-state index contributed by atoms with van der Waals surface area (Å²) in [5, 5.41) is 11.7. The van der Waals surface area contributed by atoms with Gasteiger partial charge >= 0.3 is 0 Å². The van der Waals surface area contributed by atoms with Crippen molar-refractivity contribution in [1.29, 1.82) is 0 Å². The first-order chi connectivity index (χ1) is 8.31. The lowest BCUT2D eigenvalue weighted by Crippen LogP contribution is -2.39. The van der Waals surface area contributed by atoms with Crippen LogP contribution >= 0.6 is 0 Å². The molecular formula is C14H22N2O. The normalized spacial score (nSPS) is 18.4. The Morgan fingerprint density at radius 3 is 2.76 bits per heavy atom. The molecule has 94 valence electrons. The Morgan fingerprint density at radius 1 is 1.35 bits per heavy atom. The molecular weight excluding hydrogens is 212 g/mol. The van der Waals surface area contributed by atoms with Gasteiger partial charge in [0.1, 0.15) is 0 Å². The number of piperidine rings is 1. The van der Waals surface area contributed by atoms with Gasteiger partial charge < -0.3 is 10.1 Å². The minimum Gasteiger partial charge on any atom is -0.618 e. The maximum Gasteiger partial charge on any atom is 0.195 e. The molecule has 0 atom stereocenters. The van der Waals surface area contributed by atoms with Crippen LogP contribution in [-0.2, 0) is 0 Å². The van der Waals surface area contributed by atoms with Gasteiger partial charge in [-0.2, -0.15) is 4.73 Å². The molecule has 1 saturated heterocycles. The van der Waals surface area contributed by atoms with E-state index < -0.39 is 0 Å². The third-order valence-corrected chi connectivity index (χ3v) is 3.69. The maximum absolute atomic E-state index is 11.7. The van der Waals surface area contributed by atoms with Crippen LogP contribution in [0.1, 0.15) is 44.2 Å². The molecule has 1 aromatic rings. The first-order valence-corrected chi connectivity index (χ1v) is 6.71. The van der Waals surface area contributed by atoms with E-state index in [2.05, 4.69) is 11.8 Å². The van der Waals surface area contributed by atoms with E-state index in [1.807, 2.05) is 12.1 Å². The lowest BCUT2D eigenvalue weighted by Gasteiger charge is -2.30. The van der Waals surface area contributed by atoms with Gasteiger partial charge in [-0.05, 0) is 38.9 Å². The van der Waals surface area contributed by atoms with E-state index in [0.717, 1.165) is 36.4 Å². The van der Waals surface area contributed by atoms with Gasteiger partial charge in [-0.3, -0.25) is 0 Å². The van der Waals surface area contributed by atoms with Crippen molar-refractivity contribution in [3.8, 4) is 0 Å². The first-order valence-electron chi connectivity index (χ1n) is 6.71. The zero-order valence-corrected chi connectivity index (χ0v) is 10.6. The highest BCUT2D eigenvalue weighted by Gasteiger charge is 2.24. The molecule has 0 aliphatic carbocycles. The summed E-state index contributed by atoms with van der Waals surface area (Å²) in [6.07, 6.45) is 6.40. The topological polar surface area (TPSA) is 30.2 Å². The molecule has 3 nitrogen and oxygen atoms in total. The summed E-state index contributed by atoms with van der Waals surface area (Å²) in [6, 6.07) is 5.74. The van der Waals surface area contributed by atoms with Crippen LogP contribution in [0.3, 0.4) is 0 Å². The van der Waals surface area contributed by atoms with Crippen molar-refractivity contribution in [2.24, 2.45) is 0 Å². The van der Waals surface area contributed by atoms with Crippen molar-refractivity contribution in [2.45, 2.75) is 38.5 Å². The Morgan fingerprint density at radius 2 is 2.12 bits per heavy atom. The number of aromatic nitrogens is 1. The monoisotopic (exact) mass is 234 g/mol. The molecule has 0 saturated carbocycles. The second-order valence-corrected chi connectivity index (χ2v) is 4.92. The maximum atomic E-state index is 11.7. The van der Waals surface area contributed by atoms with E-state index in [1.54, 1.807) is 12.3 Å². The molecule has 2 rings (SSSR count). The minimum absolute atomic E-state index is 0.451. The van der Waals surface area contributed by atoms with E-state index in [9.17, 15) is 5.21 Å². The predicted octanol–water partition coefficient (Wildman–Crippen LogP) is 2.30. The zero-order chi connectivity index (χ0) is 12.1. The van der Waals surface area contributed by atoms with Crippen molar-refractivity contribution >= 4 is 0 Å². The zero-order valence-electron chi connectivity index (χ0n) is 10.6. The van der Waals surface area contributed by atoms with Crippen molar-refractivity contribution in [2.75, 3.05) is 19.6 Å². The van der Waals surface area contributed by atoms with E-state index >= 15 is 0 Å². The molecule has 0 N–H and O–H groups in total. The Balaban J connectivity index is 1.89. The van der Waals surface area contributed by atoms with Crippen LogP contribution in [0.4, 0.5) is 0 Å². The fourth-order valence-corrected chi connectivity index (χ4v) is 2.59. The SMILES string of the molecule is CCCCN1CCC(c2cccc[n+]2[O-])CC1. The standard InChI is InChI=1S/C14H22N2O/c1-2-3-9-15-11-7-13(8-12-15)14-6-4-5-10-16(14)17/h4-6,10,13H,2-3,7-9,11-12H2,1H3. The van der Waals surface area contributed by atoms with E-state index in [-0.39, 0.29) is 0 Å². The van der Waals surface area contributed by atoms with Crippen LogP contribution in [0, 0.1) is 5.21 Å². The van der Waals surface area contributed by atoms with Gasteiger partial charge in [-0.1, -0.05) is 19.4 Å². The predicted molar refractivity (Wildman–Crippen MR) is 68.7 cm³/mol. The molecule has 3 heteroatoms. The van der Waals surface area contributed by atoms with Crippen LogP contribution in [-0.4, -0.2) is 24.5 Å². The summed E-state index contributed by atoms with van der Waals surface area (Å²) in [6.45, 7) is 5.73. The van der Waals surface area contributed by atoms with Gasteiger partial charge in [0, 0.05) is 18.1 Å². The van der Waals surface area contributed by atoms with Gasteiger partial charge in [0.25, 0.3) is 0 Å². The molecule has 0 aromatic carbocycles. The number of nitrogens with zero attached hydrogens (tertiary/aromatic N) is 2. The Kier molecular flexibility index (Phi) is 4.37. The van der Waals surface area contributed by atoms with Crippen molar-refractivity contribution in [3.05, 3.63) is 35.3 Å². The second kappa shape index (κ2) is 6.01. The lowest BCUT2D eigenvalue weighted by molar-refractivity contribution is -0.616. The van der Waals surface area contributed by atoms with Gasteiger partial charge in [0.2, 0.25) is 0 Å². The Labute approximate surface area is 104 Å². The fraction of sp³-hybridized carbons (Fsp3) is 0.643. The third-order valence-electron chi connectivity index (χ3n) is 3.69. The van der Waals surface area contributed by atoms with Crippen LogP contribution in [0.5, 0.6) is 0 Å². The Hall–Kier alpha value is -1.09. The van der Waals surface area contributed by atoms with Crippen molar-refractivity contribution < 1.29 is 4.73 Å². The molecule has 1 aromatic heterocycles. The highest BCUT2D eigenvalue weighted by molar-refractivity contribution is 5.05. The summed E-state index contributed by atoms with van der Waals surface area (Å²) >= 11 is 0. The molecule has 0 radical (unpaired) electrons. The average Bonchev–Trinajstić information content (AvgIpc) is 2.38. The highest BCUT2D eigenvalue weighted by Crippen LogP contribution is 2.25. The number of likely N-dealkylation sites (tertiary alicyclic amines) is 1. The van der Waals surface area contributed by atoms with Gasteiger partial charge in [-0.15, -0.1) is 0 Å². The number of pyridine rings is 1. The Bertz CT molecular complexity index is 346. The van der Waals surface area contributed by atoms with Gasteiger partial charge in [0.05, 0.1) is 0 Å². The summed E-state index contributed by atoms with van der Waals surface area (Å²) in [7, 11) is 0. The molecule has 1 fully saturated rings. The van der Waals surface area contributed by atoms with E-state index in [4.69, 9.17) is 0 Å². The van der Waals surface area contributed by atoms with Crippen molar-refractivity contribution in [3.63, 3.8) is 0 Å². The number of unbranched alkanes of at least 4 members (excludes halogenated alkanes) is 1. The number of rotatable bonds is 4. The quantitative estimate of drug-likeness (QED) is 0.591. The molecule has 0 spiro atoms. The molecule has 2 heterocycles. The molecule has 17 heavy (non-hydrogen) atoms. The third kappa shape index (κ3) is 3.19. The fourth-order valence-electron chi connectivity index (χ4n) is 2.59. The lowest BCUT2D eigenvalue weighted by atomic mass is 9.93. The second-order valence-electron chi connectivity index (χ2n) is 4.92. The minimum atomic E-state index is 0.451. The smallest absolute Gasteiger partial charge is 0.195 e. The summed E-state index contributed by atoms with van der Waals surface area (Å²) in [5.74, 6) is 0.451. The van der Waals surface area contributed by atoms with Gasteiger partial charge in [-0.25, -0.2) is 0 Å². The molecule has 0 amide bonds. The van der Waals surface area contributed by atoms with Crippen LogP contribution < -0.4 is 4.73 Å². The summed E-state index contributed by atoms with van der Waals surface area (Å²) in [5.41, 5.74) is 0.947. The average molecular weight is 234 g/mol. The van der Waals surface area contributed by atoms with Gasteiger partial charge in [0.15, 0.2) is 11.9 Å². The van der Waals surface area contributed by atoms with E-state index in [0.29, 0.717) is 5.92 Å². The summed E-state index contributed by atoms with van der Waals surface area (Å²) in [4.78, 5) is 2.53. The van der Waals surface area contributed by atoms with Crippen LogP contribution in [0.2, 0.25) is 0 Å². The first kappa shape index (κ1) is 12.4. The van der Waals surface area contributed by atoms with E-state index in [1.165, 1.54) is 19.4 Å². The number of hydrogen-bond acceptors (Lipinski definition) is 2. The van der Waals surface area contributed by atoms with Crippen molar-refractivity contribution in [1.82, 2.24) is 4.90 Å². The molecule has 1 aliphatic rings. The highest BCUT2D eigenvalue weighted by atomic mass is 16.5. The molecule has 0 unspecified atom stereocenters. The summed E-state index contributed by atoms with van der Waals surface area (Å²) < 4.78 is 1.03. The number of hydrogen-bond donors (Lipinski definition) is 0. The molecule has 0 bridgehead atoms. The molecule has 1 aliphatic heterocycles. The van der Waals surface area contributed by atoms with Crippen LogP contribution in [0.15, 0.2) is 24.4 Å². The van der Waals surface area contributed by atoms with Crippen LogP contribution in [0.25, 0.3) is 0 Å².